The highest BCUT2D eigenvalue weighted by molar-refractivity contribution is 7.89. The molecule has 0 amide bonds. The van der Waals surface area contributed by atoms with Crippen LogP contribution in [0.2, 0.25) is 0 Å². The maximum atomic E-state index is 13.8. The van der Waals surface area contributed by atoms with Crippen LogP contribution in [0.15, 0.2) is 51.8 Å². The molecule has 1 aliphatic heterocycles. The predicted octanol–water partition coefficient (Wildman–Crippen LogP) is 2.13. The number of nitrogens with one attached hydrogen (secondary N) is 1. The van der Waals surface area contributed by atoms with Gasteiger partial charge < -0.3 is 13.9 Å². The van der Waals surface area contributed by atoms with E-state index in [0.29, 0.717) is 24.7 Å². The number of rotatable bonds is 5. The molecule has 0 radical (unpaired) electrons. The molecule has 0 saturated heterocycles. The molecular weight excluding hydrogens is 377 g/mol. The normalized spacial score (nSPS) is 13.5. The van der Waals surface area contributed by atoms with E-state index in [1.54, 1.807) is 6.07 Å². The van der Waals surface area contributed by atoms with Gasteiger partial charge in [-0.25, -0.2) is 17.5 Å². The van der Waals surface area contributed by atoms with Crippen LogP contribution >= 0.6 is 0 Å². The fourth-order valence-corrected chi connectivity index (χ4v) is 3.49. The molecule has 8 nitrogen and oxygen atoms in total. The summed E-state index contributed by atoms with van der Waals surface area (Å²) in [6, 6.07) is 10.3. The van der Waals surface area contributed by atoms with Crippen molar-refractivity contribution < 1.29 is 26.7 Å². The summed E-state index contributed by atoms with van der Waals surface area (Å²) in [5.41, 5.74) is 0.144. The highest BCUT2D eigenvalue weighted by Gasteiger charge is 2.20. The van der Waals surface area contributed by atoms with Crippen molar-refractivity contribution in [1.82, 2.24) is 14.9 Å². The van der Waals surface area contributed by atoms with Gasteiger partial charge in [0.05, 0.1) is 17.0 Å². The van der Waals surface area contributed by atoms with Crippen molar-refractivity contribution in [2.75, 3.05) is 13.2 Å². The van der Waals surface area contributed by atoms with Gasteiger partial charge in [-0.2, -0.15) is 0 Å². The van der Waals surface area contributed by atoms with Crippen molar-refractivity contribution in [1.29, 1.82) is 0 Å². The number of ether oxygens (including phenoxy) is 2. The largest absolute Gasteiger partial charge is 0.486 e. The van der Waals surface area contributed by atoms with Gasteiger partial charge in [0.15, 0.2) is 11.5 Å². The summed E-state index contributed by atoms with van der Waals surface area (Å²) in [7, 11) is -3.84. The molecule has 10 heteroatoms. The topological polar surface area (TPSA) is 104 Å². The predicted molar refractivity (Wildman–Crippen MR) is 91.1 cm³/mol. The third-order valence-corrected chi connectivity index (χ3v) is 5.21. The van der Waals surface area contributed by atoms with E-state index in [1.165, 1.54) is 36.4 Å². The lowest BCUT2D eigenvalue weighted by Gasteiger charge is -2.18. The molecule has 1 N–H and O–H groups in total. The minimum Gasteiger partial charge on any atom is -0.486 e. The molecule has 0 saturated carbocycles. The fraction of sp³-hybridized carbons (Fsp3) is 0.176. The number of sulfonamides is 1. The molecule has 1 aliphatic rings. The van der Waals surface area contributed by atoms with Crippen molar-refractivity contribution in [2.45, 2.75) is 11.4 Å². The van der Waals surface area contributed by atoms with Crippen LogP contribution in [0.1, 0.15) is 5.89 Å². The van der Waals surface area contributed by atoms with Gasteiger partial charge in [-0.05, 0) is 24.3 Å². The van der Waals surface area contributed by atoms with Crippen molar-refractivity contribution in [3.63, 3.8) is 0 Å². The average Bonchev–Trinajstić information content (AvgIpc) is 3.15. The minimum absolute atomic E-state index is 0.00868. The van der Waals surface area contributed by atoms with Crippen LogP contribution in [0.3, 0.4) is 0 Å². The molecule has 0 atom stereocenters. The molecule has 0 fully saturated rings. The highest BCUT2D eigenvalue weighted by Crippen LogP contribution is 2.32. The second-order valence-corrected chi connectivity index (χ2v) is 7.38. The average molecular weight is 391 g/mol. The number of halogens is 1. The van der Waals surface area contributed by atoms with Gasteiger partial charge >= 0.3 is 0 Å². The summed E-state index contributed by atoms with van der Waals surface area (Å²) in [6.45, 7) is 0.530. The monoisotopic (exact) mass is 391 g/mol. The van der Waals surface area contributed by atoms with Gasteiger partial charge in [0.1, 0.15) is 19.0 Å². The third kappa shape index (κ3) is 3.62. The Balaban J connectivity index is 1.49. The van der Waals surface area contributed by atoms with Crippen molar-refractivity contribution in [3.05, 3.63) is 54.2 Å². The molecule has 140 valence electrons. The van der Waals surface area contributed by atoms with E-state index in [1.807, 2.05) is 0 Å². The molecule has 1 aromatic heterocycles. The van der Waals surface area contributed by atoms with Gasteiger partial charge in [0.25, 0.3) is 5.89 Å². The van der Waals surface area contributed by atoms with E-state index in [0.717, 1.165) is 0 Å². The third-order valence-electron chi connectivity index (χ3n) is 3.81. The quantitative estimate of drug-likeness (QED) is 0.710. The van der Waals surface area contributed by atoms with Gasteiger partial charge in [-0.15, -0.1) is 10.2 Å². The standard InChI is InChI=1S/C17H14FN3O5S/c18-13-4-2-1-3-12(13)17-21-20-16(26-17)10-19-27(22,23)11-5-6-14-15(9-11)25-8-7-24-14/h1-6,9,19H,7-8,10H2. The smallest absolute Gasteiger partial charge is 0.250 e. The Hall–Kier alpha value is -2.98. The lowest BCUT2D eigenvalue weighted by Crippen LogP contribution is -2.24. The first-order chi connectivity index (χ1) is 13.0. The molecule has 3 aromatic rings. The Bertz CT molecular complexity index is 1080. The van der Waals surface area contributed by atoms with E-state index in [4.69, 9.17) is 13.9 Å². The molecule has 0 bridgehead atoms. The van der Waals surface area contributed by atoms with Crippen LogP contribution < -0.4 is 14.2 Å². The zero-order valence-corrected chi connectivity index (χ0v) is 14.7. The first kappa shape index (κ1) is 17.4. The zero-order chi connectivity index (χ0) is 18.9. The molecule has 2 aromatic carbocycles. The fourth-order valence-electron chi connectivity index (χ4n) is 2.50. The number of benzene rings is 2. The highest BCUT2D eigenvalue weighted by atomic mass is 32.2. The van der Waals surface area contributed by atoms with Crippen molar-refractivity contribution in [2.24, 2.45) is 0 Å². The number of nitrogens with zero attached hydrogens (tertiary/aromatic N) is 2. The van der Waals surface area contributed by atoms with Gasteiger partial charge in [0.2, 0.25) is 15.9 Å². The molecule has 4 rings (SSSR count). The summed E-state index contributed by atoms with van der Waals surface area (Å²) in [6.07, 6.45) is 0. The second kappa shape index (κ2) is 6.97. The Labute approximate surface area is 154 Å². The Kier molecular flexibility index (Phi) is 4.50. The van der Waals surface area contributed by atoms with Gasteiger partial charge in [-0.1, -0.05) is 12.1 Å². The summed E-state index contributed by atoms with van der Waals surface area (Å²) in [5.74, 6) is 0.330. The van der Waals surface area contributed by atoms with E-state index >= 15 is 0 Å². The summed E-state index contributed by atoms with van der Waals surface area (Å²) in [4.78, 5) is 0.0144. The van der Waals surface area contributed by atoms with E-state index < -0.39 is 15.8 Å². The maximum Gasteiger partial charge on any atom is 0.250 e. The summed E-state index contributed by atoms with van der Waals surface area (Å²) in [5, 5.41) is 7.50. The molecule has 27 heavy (non-hydrogen) atoms. The zero-order valence-electron chi connectivity index (χ0n) is 13.9. The lowest BCUT2D eigenvalue weighted by atomic mass is 10.2. The van der Waals surface area contributed by atoms with Crippen LogP contribution in [0.25, 0.3) is 11.5 Å². The lowest BCUT2D eigenvalue weighted by molar-refractivity contribution is 0.171. The molecule has 2 heterocycles. The Morgan fingerprint density at radius 1 is 1.04 bits per heavy atom. The second-order valence-electron chi connectivity index (χ2n) is 5.61. The number of aromatic nitrogens is 2. The van der Waals surface area contributed by atoms with Crippen LogP contribution in [0.4, 0.5) is 4.39 Å². The SMILES string of the molecule is O=S(=O)(NCc1nnc(-c2ccccc2F)o1)c1ccc2c(c1)OCCO2. The van der Waals surface area contributed by atoms with Crippen LogP contribution in [0.5, 0.6) is 11.5 Å². The van der Waals surface area contributed by atoms with E-state index in [2.05, 4.69) is 14.9 Å². The Morgan fingerprint density at radius 3 is 2.63 bits per heavy atom. The van der Waals surface area contributed by atoms with E-state index in [-0.39, 0.29) is 28.8 Å². The van der Waals surface area contributed by atoms with Crippen LogP contribution in [-0.2, 0) is 16.6 Å². The maximum absolute atomic E-state index is 13.8. The van der Waals surface area contributed by atoms with Crippen molar-refractivity contribution >= 4 is 10.0 Å². The summed E-state index contributed by atoms with van der Waals surface area (Å²) >= 11 is 0. The van der Waals surface area contributed by atoms with Crippen LogP contribution in [0, 0.1) is 5.82 Å². The first-order valence-electron chi connectivity index (χ1n) is 7.99. The first-order valence-corrected chi connectivity index (χ1v) is 9.48. The Morgan fingerprint density at radius 2 is 1.81 bits per heavy atom. The van der Waals surface area contributed by atoms with E-state index in [9.17, 15) is 12.8 Å². The van der Waals surface area contributed by atoms with Crippen molar-refractivity contribution in [3.8, 4) is 23.0 Å². The molecular formula is C17H14FN3O5S. The summed E-state index contributed by atoms with van der Waals surface area (Å²) < 4.78 is 57.2. The number of hydrogen-bond donors (Lipinski definition) is 1. The number of fused-ring (bicyclic) bond motifs is 1. The van der Waals surface area contributed by atoms with Gasteiger partial charge in [0, 0.05) is 6.07 Å². The molecule has 0 spiro atoms. The number of hydrogen-bond acceptors (Lipinski definition) is 7. The van der Waals surface area contributed by atoms with Gasteiger partial charge in [-0.3, -0.25) is 0 Å². The molecule has 0 aliphatic carbocycles. The minimum atomic E-state index is -3.84. The molecule has 0 unspecified atom stereocenters. The van der Waals surface area contributed by atoms with Crippen LogP contribution in [-0.4, -0.2) is 31.8 Å².